The third-order valence-electron chi connectivity index (χ3n) is 5.66. The Morgan fingerprint density at radius 1 is 0.821 bits per heavy atom. The van der Waals surface area contributed by atoms with Gasteiger partial charge in [0.1, 0.15) is 6.23 Å². The molecule has 1 saturated heterocycles. The largest absolute Gasteiger partial charge is 0.466 e. The Morgan fingerprint density at radius 2 is 1.32 bits per heavy atom. The zero-order chi connectivity index (χ0) is 20.1. The monoisotopic (exact) mass is 397 g/mol. The van der Waals surface area contributed by atoms with Gasteiger partial charge in [0.15, 0.2) is 0 Å². The van der Waals surface area contributed by atoms with Gasteiger partial charge in [0, 0.05) is 13.0 Å². The third-order valence-corrected chi connectivity index (χ3v) is 5.66. The van der Waals surface area contributed by atoms with Gasteiger partial charge in [-0.15, -0.1) is 0 Å². The van der Waals surface area contributed by atoms with Crippen LogP contribution >= 0.6 is 0 Å². The highest BCUT2D eigenvalue weighted by Gasteiger charge is 2.15. The van der Waals surface area contributed by atoms with Gasteiger partial charge < -0.3 is 9.47 Å². The molecule has 1 aliphatic heterocycles. The number of ether oxygens (including phenoxy) is 2. The zero-order valence-corrected chi connectivity index (χ0v) is 18.7. The summed E-state index contributed by atoms with van der Waals surface area (Å²) in [7, 11) is 0. The smallest absolute Gasteiger partial charge is 0.305 e. The fourth-order valence-electron chi connectivity index (χ4n) is 3.82. The Bertz CT molecular complexity index is 343. The normalized spacial score (nSPS) is 16.5. The van der Waals surface area contributed by atoms with E-state index in [1.54, 1.807) is 0 Å². The second kappa shape index (κ2) is 19.7. The quantitative estimate of drug-likeness (QED) is 0.188. The van der Waals surface area contributed by atoms with Crippen molar-refractivity contribution < 1.29 is 14.3 Å². The van der Waals surface area contributed by atoms with E-state index >= 15 is 0 Å². The van der Waals surface area contributed by atoms with Gasteiger partial charge in [0.05, 0.1) is 13.2 Å². The van der Waals surface area contributed by atoms with Crippen molar-refractivity contribution in [1.29, 1.82) is 0 Å². The van der Waals surface area contributed by atoms with E-state index in [-0.39, 0.29) is 12.2 Å². The average molecular weight is 398 g/mol. The lowest BCUT2D eigenvalue weighted by Crippen LogP contribution is -2.23. The van der Waals surface area contributed by atoms with E-state index < -0.39 is 0 Å². The molecule has 1 unspecified atom stereocenters. The van der Waals surface area contributed by atoms with E-state index in [1.165, 1.54) is 96.3 Å². The van der Waals surface area contributed by atoms with Crippen molar-refractivity contribution in [2.45, 2.75) is 129 Å². The second-order valence-electron chi connectivity index (χ2n) is 8.38. The van der Waals surface area contributed by atoms with Crippen molar-refractivity contribution in [2.75, 3.05) is 19.8 Å². The molecule has 0 saturated carbocycles. The fourth-order valence-corrected chi connectivity index (χ4v) is 3.82. The van der Waals surface area contributed by atoms with Crippen molar-refractivity contribution >= 4 is 5.97 Å². The Labute approximate surface area is 174 Å². The zero-order valence-electron chi connectivity index (χ0n) is 18.7. The van der Waals surface area contributed by atoms with Gasteiger partial charge in [-0.3, -0.25) is 10.1 Å². The molecule has 1 N–H and O–H groups in total. The summed E-state index contributed by atoms with van der Waals surface area (Å²) >= 11 is 0. The van der Waals surface area contributed by atoms with E-state index in [4.69, 9.17) is 9.47 Å². The Balaban J connectivity index is 1.69. The van der Waals surface area contributed by atoms with Gasteiger partial charge in [0.2, 0.25) is 0 Å². The molecule has 1 rings (SSSR count). The molecule has 1 atom stereocenters. The number of esters is 1. The predicted octanol–water partition coefficient (Wildman–Crippen LogP) is 6.52. The average Bonchev–Trinajstić information content (AvgIpc) is 3.22. The minimum absolute atomic E-state index is 0.0445. The summed E-state index contributed by atoms with van der Waals surface area (Å²) in [5.41, 5.74) is 0. The lowest BCUT2D eigenvalue weighted by atomic mass is 10.0. The van der Waals surface area contributed by atoms with Crippen LogP contribution in [0.5, 0.6) is 0 Å². The number of nitrogens with one attached hydrogen (secondary N) is 1. The first kappa shape index (κ1) is 25.4. The van der Waals surface area contributed by atoms with Gasteiger partial charge in [-0.1, -0.05) is 103 Å². The highest BCUT2D eigenvalue weighted by Crippen LogP contribution is 2.13. The van der Waals surface area contributed by atoms with Gasteiger partial charge in [-0.2, -0.15) is 0 Å². The Morgan fingerprint density at radius 3 is 1.79 bits per heavy atom. The van der Waals surface area contributed by atoms with Gasteiger partial charge in [-0.05, 0) is 12.8 Å². The molecule has 0 aromatic carbocycles. The molecule has 0 amide bonds. The Hall–Kier alpha value is -0.610. The third kappa shape index (κ3) is 16.4. The summed E-state index contributed by atoms with van der Waals surface area (Å²) in [6.45, 7) is 4.50. The molecule has 0 aromatic rings. The fraction of sp³-hybridized carbons (Fsp3) is 0.958. The van der Waals surface area contributed by atoms with E-state index in [0.29, 0.717) is 13.0 Å². The number of unbranched alkanes of at least 4 members (excludes halogenated alkanes) is 15. The second-order valence-corrected chi connectivity index (χ2v) is 8.38. The molecule has 1 fully saturated rings. The standard InChI is InChI=1S/C24H47NO3/c1-2-3-4-5-6-7-8-9-10-11-12-13-14-15-16-17-21-28-24(26)19-18-23-25-20-22-27-23/h23,25H,2-22H2,1H3. The van der Waals surface area contributed by atoms with E-state index in [0.717, 1.165) is 26.0 Å². The summed E-state index contributed by atoms with van der Waals surface area (Å²) in [4.78, 5) is 11.7. The van der Waals surface area contributed by atoms with Crippen LogP contribution < -0.4 is 5.32 Å². The maximum absolute atomic E-state index is 11.7. The molecule has 4 nitrogen and oxygen atoms in total. The summed E-state index contributed by atoms with van der Waals surface area (Å²) in [5.74, 6) is -0.0849. The summed E-state index contributed by atoms with van der Waals surface area (Å²) < 4.78 is 10.7. The minimum Gasteiger partial charge on any atom is -0.466 e. The first-order valence-electron chi connectivity index (χ1n) is 12.3. The van der Waals surface area contributed by atoms with Crippen molar-refractivity contribution in [3.8, 4) is 0 Å². The molecule has 1 aliphatic rings. The highest BCUT2D eigenvalue weighted by atomic mass is 16.5. The molecule has 0 spiro atoms. The van der Waals surface area contributed by atoms with E-state index in [2.05, 4.69) is 12.2 Å². The van der Waals surface area contributed by atoms with Crippen LogP contribution in [-0.4, -0.2) is 32.0 Å². The van der Waals surface area contributed by atoms with Crippen molar-refractivity contribution in [3.63, 3.8) is 0 Å². The summed E-state index contributed by atoms with van der Waals surface area (Å²) in [6.07, 6.45) is 23.0. The van der Waals surface area contributed by atoms with Crippen molar-refractivity contribution in [1.82, 2.24) is 5.32 Å². The molecule has 0 aromatic heterocycles. The van der Waals surface area contributed by atoms with Crippen LogP contribution in [0, 0.1) is 0 Å². The number of hydrogen-bond acceptors (Lipinski definition) is 4. The molecule has 4 heteroatoms. The van der Waals surface area contributed by atoms with Crippen molar-refractivity contribution in [2.24, 2.45) is 0 Å². The number of carbonyl (C=O) groups excluding carboxylic acids is 1. The van der Waals surface area contributed by atoms with Gasteiger partial charge in [-0.25, -0.2) is 0 Å². The molecule has 0 bridgehead atoms. The van der Waals surface area contributed by atoms with Gasteiger partial charge >= 0.3 is 5.97 Å². The molecule has 0 aliphatic carbocycles. The van der Waals surface area contributed by atoms with E-state index in [1.807, 2.05) is 0 Å². The van der Waals surface area contributed by atoms with Crippen LogP contribution in [0.1, 0.15) is 122 Å². The predicted molar refractivity (Wildman–Crippen MR) is 117 cm³/mol. The van der Waals surface area contributed by atoms with Crippen LogP contribution in [0.4, 0.5) is 0 Å². The minimum atomic E-state index is -0.0849. The molecule has 28 heavy (non-hydrogen) atoms. The molecule has 1 heterocycles. The van der Waals surface area contributed by atoms with Gasteiger partial charge in [0.25, 0.3) is 0 Å². The topological polar surface area (TPSA) is 47.6 Å². The summed E-state index contributed by atoms with van der Waals surface area (Å²) in [6, 6.07) is 0. The number of carbonyl (C=O) groups is 1. The first-order valence-corrected chi connectivity index (χ1v) is 12.3. The molecule has 166 valence electrons. The first-order chi connectivity index (χ1) is 13.8. The maximum atomic E-state index is 11.7. The summed E-state index contributed by atoms with van der Waals surface area (Å²) in [5, 5.41) is 3.21. The van der Waals surface area contributed by atoms with Crippen LogP contribution in [0.2, 0.25) is 0 Å². The van der Waals surface area contributed by atoms with Crippen molar-refractivity contribution in [3.05, 3.63) is 0 Å². The SMILES string of the molecule is CCCCCCCCCCCCCCCCCCOC(=O)CCC1NCCO1. The number of rotatable bonds is 20. The molecular weight excluding hydrogens is 350 g/mol. The Kier molecular flexibility index (Phi) is 17.9. The van der Waals surface area contributed by atoms with Crippen LogP contribution in [0.15, 0.2) is 0 Å². The molecular formula is C24H47NO3. The van der Waals surface area contributed by atoms with Crippen LogP contribution in [0.3, 0.4) is 0 Å². The lowest BCUT2D eigenvalue weighted by molar-refractivity contribution is -0.144. The lowest BCUT2D eigenvalue weighted by Gasteiger charge is -2.09. The molecule has 0 radical (unpaired) electrons. The van der Waals surface area contributed by atoms with Crippen LogP contribution in [0.25, 0.3) is 0 Å². The maximum Gasteiger partial charge on any atom is 0.305 e. The van der Waals surface area contributed by atoms with Crippen LogP contribution in [-0.2, 0) is 14.3 Å². The van der Waals surface area contributed by atoms with E-state index in [9.17, 15) is 4.79 Å². The number of hydrogen-bond donors (Lipinski definition) is 1. The highest BCUT2D eigenvalue weighted by molar-refractivity contribution is 5.69.